The van der Waals surface area contributed by atoms with Crippen LogP contribution in [0.25, 0.3) is 0 Å². The molecule has 32 heavy (non-hydrogen) atoms. The number of thiophene rings is 1. The number of fused-ring (bicyclic) bond motifs is 1. The molecule has 176 valence electrons. The molecule has 1 saturated heterocycles. The van der Waals surface area contributed by atoms with Gasteiger partial charge in [-0.25, -0.2) is 4.79 Å². The molecule has 2 atom stereocenters. The molecule has 3 amide bonds. The fraction of sp³-hybridized carbons (Fsp3) is 0.636. The molecule has 3 rings (SSSR count). The average molecular weight is 482 g/mol. The van der Waals surface area contributed by atoms with Gasteiger partial charge in [-0.1, -0.05) is 20.8 Å². The van der Waals surface area contributed by atoms with Crippen LogP contribution in [0.3, 0.4) is 0 Å². The van der Waals surface area contributed by atoms with Gasteiger partial charge in [-0.15, -0.1) is 23.1 Å². The zero-order valence-electron chi connectivity index (χ0n) is 19.0. The highest BCUT2D eigenvalue weighted by molar-refractivity contribution is 8.00. The molecule has 0 bridgehead atoms. The average Bonchev–Trinajstić information content (AvgIpc) is 3.05. The Balaban J connectivity index is 1.71. The van der Waals surface area contributed by atoms with Crippen LogP contribution in [0.15, 0.2) is 0 Å². The number of carbonyl (C=O) groups excluding carboxylic acids is 4. The lowest BCUT2D eigenvalue weighted by Gasteiger charge is -2.36. The maximum absolute atomic E-state index is 12.8. The van der Waals surface area contributed by atoms with Gasteiger partial charge in [-0.05, 0) is 43.6 Å². The van der Waals surface area contributed by atoms with Crippen LogP contribution >= 0.6 is 23.1 Å². The Morgan fingerprint density at radius 1 is 1.34 bits per heavy atom. The fourth-order valence-electron chi connectivity index (χ4n) is 3.93. The Hall–Kier alpha value is -2.07. The minimum Gasteiger partial charge on any atom is -0.462 e. The molecule has 2 heterocycles. The van der Waals surface area contributed by atoms with Gasteiger partial charge in [0.2, 0.25) is 17.7 Å². The molecule has 0 saturated carbocycles. The third-order valence-electron chi connectivity index (χ3n) is 5.38. The van der Waals surface area contributed by atoms with E-state index in [0.717, 1.165) is 29.7 Å². The van der Waals surface area contributed by atoms with Crippen LogP contribution in [-0.2, 0) is 32.0 Å². The van der Waals surface area contributed by atoms with E-state index in [-0.39, 0.29) is 42.4 Å². The van der Waals surface area contributed by atoms with E-state index in [1.165, 1.54) is 23.1 Å². The molecule has 10 heteroatoms. The molecule has 8 nitrogen and oxygen atoms in total. The first-order chi connectivity index (χ1) is 15.2. The molecule has 0 aromatic carbocycles. The Kier molecular flexibility index (Phi) is 8.21. The van der Waals surface area contributed by atoms with E-state index < -0.39 is 11.5 Å². The third kappa shape index (κ3) is 5.83. The lowest BCUT2D eigenvalue weighted by molar-refractivity contribution is -0.142. The standard InChI is InChI=1S/C22H31N3O5S2/c1-5-30-21(29)19-14-7-6-13(4)8-15(14)32-20(19)23-17(27)11-31-22-24-16(26)9-18(28)25(22)10-12(2)3/h12-13,22H,5-11H2,1-4H3,(H,23,27)(H,24,26)/t13-,22+/m0/s1. The number of hydrogen-bond acceptors (Lipinski definition) is 7. The minimum absolute atomic E-state index is 0.0358. The van der Waals surface area contributed by atoms with Gasteiger partial charge in [-0.2, -0.15) is 0 Å². The van der Waals surface area contributed by atoms with Gasteiger partial charge >= 0.3 is 5.97 Å². The monoisotopic (exact) mass is 481 g/mol. The van der Waals surface area contributed by atoms with Crippen molar-refractivity contribution in [3.05, 3.63) is 16.0 Å². The maximum Gasteiger partial charge on any atom is 0.341 e. The third-order valence-corrected chi connectivity index (χ3v) is 7.66. The summed E-state index contributed by atoms with van der Waals surface area (Å²) in [5.41, 5.74) is 0.876. The molecule has 0 spiro atoms. The van der Waals surface area contributed by atoms with Crippen molar-refractivity contribution in [3.63, 3.8) is 0 Å². The van der Waals surface area contributed by atoms with Gasteiger partial charge in [0.25, 0.3) is 0 Å². The number of thioether (sulfide) groups is 1. The Labute approximate surface area is 196 Å². The smallest absolute Gasteiger partial charge is 0.341 e. The highest BCUT2D eigenvalue weighted by Crippen LogP contribution is 2.40. The first-order valence-corrected chi connectivity index (χ1v) is 12.9. The number of nitrogens with zero attached hydrogens (tertiary/aromatic N) is 1. The summed E-state index contributed by atoms with van der Waals surface area (Å²) in [7, 11) is 0. The van der Waals surface area contributed by atoms with Gasteiger partial charge in [0, 0.05) is 11.4 Å². The van der Waals surface area contributed by atoms with Crippen LogP contribution in [0.4, 0.5) is 5.00 Å². The summed E-state index contributed by atoms with van der Waals surface area (Å²) in [6.07, 6.45) is 2.52. The Bertz CT molecular complexity index is 898. The largest absolute Gasteiger partial charge is 0.462 e. The number of ether oxygens (including phenoxy) is 1. The molecular formula is C22H31N3O5S2. The highest BCUT2D eigenvalue weighted by Gasteiger charge is 2.33. The van der Waals surface area contributed by atoms with Crippen molar-refractivity contribution >= 4 is 51.8 Å². The molecule has 1 aromatic heterocycles. The van der Waals surface area contributed by atoms with Gasteiger partial charge in [0.1, 0.15) is 11.4 Å². The minimum atomic E-state index is -0.584. The second kappa shape index (κ2) is 10.7. The molecule has 1 fully saturated rings. The van der Waals surface area contributed by atoms with Gasteiger partial charge in [0.05, 0.1) is 17.9 Å². The molecule has 1 aliphatic heterocycles. The van der Waals surface area contributed by atoms with Crippen LogP contribution in [-0.4, -0.2) is 53.0 Å². The summed E-state index contributed by atoms with van der Waals surface area (Å²) in [6.45, 7) is 8.70. The number of carbonyl (C=O) groups is 4. The lowest BCUT2D eigenvalue weighted by Crippen LogP contribution is -2.56. The van der Waals surface area contributed by atoms with Crippen molar-refractivity contribution in [2.45, 2.75) is 58.9 Å². The lowest BCUT2D eigenvalue weighted by atomic mass is 9.88. The normalized spacial score (nSPS) is 20.7. The second-order valence-electron chi connectivity index (χ2n) is 8.67. The zero-order chi connectivity index (χ0) is 23.4. The number of anilines is 1. The van der Waals surface area contributed by atoms with Gasteiger partial charge in [-0.3, -0.25) is 14.4 Å². The van der Waals surface area contributed by atoms with Crippen molar-refractivity contribution in [2.24, 2.45) is 11.8 Å². The summed E-state index contributed by atoms with van der Waals surface area (Å²) in [6, 6.07) is 0. The summed E-state index contributed by atoms with van der Waals surface area (Å²) >= 11 is 2.63. The number of rotatable bonds is 8. The first-order valence-electron chi connectivity index (χ1n) is 11.0. The highest BCUT2D eigenvalue weighted by atomic mass is 32.2. The SMILES string of the molecule is CCOC(=O)c1c(NC(=O)CS[C@@H]2NC(=O)CC(=O)N2CC(C)C)sc2c1CC[C@H](C)C2. The first kappa shape index (κ1) is 24.6. The molecule has 0 radical (unpaired) electrons. The maximum atomic E-state index is 12.8. The molecule has 0 unspecified atom stereocenters. The summed E-state index contributed by atoms with van der Waals surface area (Å²) in [5, 5.41) is 6.20. The van der Waals surface area contributed by atoms with E-state index in [1.54, 1.807) is 11.8 Å². The predicted octanol–water partition coefficient (Wildman–Crippen LogP) is 3.01. The molecular weight excluding hydrogens is 450 g/mol. The number of nitrogens with one attached hydrogen (secondary N) is 2. The van der Waals surface area contributed by atoms with Crippen LogP contribution in [0.5, 0.6) is 0 Å². The fourth-order valence-corrected chi connectivity index (χ4v) is 6.33. The van der Waals surface area contributed by atoms with Crippen molar-refractivity contribution < 1.29 is 23.9 Å². The van der Waals surface area contributed by atoms with E-state index in [9.17, 15) is 19.2 Å². The second-order valence-corrected chi connectivity index (χ2v) is 10.8. The molecule has 1 aliphatic carbocycles. The summed E-state index contributed by atoms with van der Waals surface area (Å²) in [4.78, 5) is 52.3. The molecule has 1 aromatic rings. The van der Waals surface area contributed by atoms with Gasteiger partial charge in [0.15, 0.2) is 5.50 Å². The molecule has 2 N–H and O–H groups in total. The van der Waals surface area contributed by atoms with Crippen LogP contribution < -0.4 is 10.6 Å². The number of esters is 1. The van der Waals surface area contributed by atoms with Crippen LogP contribution in [0.1, 0.15) is 61.3 Å². The van der Waals surface area contributed by atoms with Crippen molar-refractivity contribution in [2.75, 3.05) is 24.2 Å². The Morgan fingerprint density at radius 2 is 2.09 bits per heavy atom. The van der Waals surface area contributed by atoms with Crippen molar-refractivity contribution in [1.29, 1.82) is 0 Å². The topological polar surface area (TPSA) is 105 Å². The summed E-state index contributed by atoms with van der Waals surface area (Å²) in [5.74, 6) is -0.455. The quantitative estimate of drug-likeness (QED) is 0.437. The van der Waals surface area contributed by atoms with Crippen molar-refractivity contribution in [1.82, 2.24) is 10.2 Å². The number of amides is 3. The van der Waals surface area contributed by atoms with Crippen LogP contribution in [0, 0.1) is 11.8 Å². The van der Waals surface area contributed by atoms with E-state index >= 15 is 0 Å². The number of hydrogen-bond donors (Lipinski definition) is 2. The van der Waals surface area contributed by atoms with E-state index in [1.807, 2.05) is 13.8 Å². The van der Waals surface area contributed by atoms with E-state index in [0.29, 0.717) is 23.0 Å². The van der Waals surface area contributed by atoms with Crippen molar-refractivity contribution in [3.8, 4) is 0 Å². The molecule has 2 aliphatic rings. The Morgan fingerprint density at radius 3 is 2.78 bits per heavy atom. The van der Waals surface area contributed by atoms with E-state index in [4.69, 9.17) is 4.74 Å². The predicted molar refractivity (Wildman–Crippen MR) is 126 cm³/mol. The van der Waals surface area contributed by atoms with Crippen LogP contribution in [0.2, 0.25) is 0 Å². The summed E-state index contributed by atoms with van der Waals surface area (Å²) < 4.78 is 5.25. The van der Waals surface area contributed by atoms with E-state index in [2.05, 4.69) is 17.6 Å². The zero-order valence-corrected chi connectivity index (χ0v) is 20.6. The van der Waals surface area contributed by atoms with Gasteiger partial charge < -0.3 is 20.3 Å².